The third-order valence-corrected chi connectivity index (χ3v) is 4.21. The van der Waals surface area contributed by atoms with Gasteiger partial charge in [-0.15, -0.1) is 11.3 Å². The zero-order chi connectivity index (χ0) is 14.7. The number of carbonyl (C=O) groups excluding carboxylic acids is 1. The van der Waals surface area contributed by atoms with Gasteiger partial charge in [0.15, 0.2) is 0 Å². The fraction of sp³-hybridized carbons (Fsp3) is 0.267. The van der Waals surface area contributed by atoms with Crippen molar-refractivity contribution in [2.24, 2.45) is 5.84 Å². The number of thiophene rings is 1. The van der Waals surface area contributed by atoms with Gasteiger partial charge in [0.25, 0.3) is 5.91 Å². The highest BCUT2D eigenvalue weighted by molar-refractivity contribution is 7.14. The van der Waals surface area contributed by atoms with Gasteiger partial charge in [0.1, 0.15) is 12.4 Å². The molecule has 5 heteroatoms. The van der Waals surface area contributed by atoms with Gasteiger partial charge in [0, 0.05) is 4.88 Å². The Kier molecular flexibility index (Phi) is 4.42. The van der Waals surface area contributed by atoms with Gasteiger partial charge in [-0.3, -0.25) is 10.2 Å². The van der Waals surface area contributed by atoms with Crippen LogP contribution in [0.4, 0.5) is 0 Å². The van der Waals surface area contributed by atoms with E-state index in [1.165, 1.54) is 22.5 Å². The van der Waals surface area contributed by atoms with Crippen LogP contribution >= 0.6 is 11.3 Å². The van der Waals surface area contributed by atoms with Gasteiger partial charge >= 0.3 is 0 Å². The van der Waals surface area contributed by atoms with Crippen molar-refractivity contribution in [3.05, 3.63) is 50.7 Å². The van der Waals surface area contributed by atoms with Crippen LogP contribution in [0.25, 0.3) is 0 Å². The molecular formula is C15H18N2O2S. The van der Waals surface area contributed by atoms with Crippen molar-refractivity contribution in [3.8, 4) is 5.75 Å². The molecule has 0 aliphatic rings. The van der Waals surface area contributed by atoms with Crippen molar-refractivity contribution in [2.45, 2.75) is 27.4 Å². The Bertz CT molecular complexity index is 635. The Morgan fingerprint density at radius 2 is 2.05 bits per heavy atom. The Morgan fingerprint density at radius 3 is 2.75 bits per heavy atom. The predicted octanol–water partition coefficient (Wildman–Crippen LogP) is 2.86. The molecule has 0 fully saturated rings. The van der Waals surface area contributed by atoms with E-state index in [2.05, 4.69) is 18.4 Å². The number of hydrogen-bond acceptors (Lipinski definition) is 4. The minimum Gasteiger partial charge on any atom is -0.488 e. The predicted molar refractivity (Wildman–Crippen MR) is 81.0 cm³/mol. The lowest BCUT2D eigenvalue weighted by atomic mass is 10.1. The smallest absolute Gasteiger partial charge is 0.275 e. The average Bonchev–Trinajstić information content (AvgIpc) is 2.89. The molecule has 4 nitrogen and oxygen atoms in total. The van der Waals surface area contributed by atoms with Crippen LogP contribution in [0.5, 0.6) is 5.75 Å². The van der Waals surface area contributed by atoms with Crippen LogP contribution in [-0.4, -0.2) is 5.91 Å². The van der Waals surface area contributed by atoms with E-state index in [-0.39, 0.29) is 5.91 Å². The number of amides is 1. The molecule has 0 aliphatic heterocycles. The van der Waals surface area contributed by atoms with Crippen LogP contribution in [-0.2, 0) is 6.61 Å². The monoisotopic (exact) mass is 290 g/mol. The van der Waals surface area contributed by atoms with Crippen LogP contribution < -0.4 is 16.0 Å². The minimum absolute atomic E-state index is 0.274. The second kappa shape index (κ2) is 6.07. The second-order valence-corrected chi connectivity index (χ2v) is 5.90. The quantitative estimate of drug-likeness (QED) is 0.517. The highest BCUT2D eigenvalue weighted by Crippen LogP contribution is 2.25. The third-order valence-electron chi connectivity index (χ3n) is 3.15. The van der Waals surface area contributed by atoms with Crippen molar-refractivity contribution in [3.63, 3.8) is 0 Å². The van der Waals surface area contributed by atoms with Crippen molar-refractivity contribution in [1.82, 2.24) is 5.43 Å². The maximum atomic E-state index is 11.4. The topological polar surface area (TPSA) is 64.3 Å². The standard InChI is InChI=1S/C15H18N2O2S/c1-9-6-10(2)11(3)13(7-9)19-8-12-4-5-14(20-12)15(18)17-16/h4-7H,8,16H2,1-3H3,(H,17,18). The van der Waals surface area contributed by atoms with E-state index in [1.807, 2.05) is 26.0 Å². The number of nitrogens with one attached hydrogen (secondary N) is 1. The molecule has 0 bridgehead atoms. The third kappa shape index (κ3) is 3.18. The van der Waals surface area contributed by atoms with Crippen molar-refractivity contribution >= 4 is 17.2 Å². The Morgan fingerprint density at radius 1 is 1.30 bits per heavy atom. The van der Waals surface area contributed by atoms with Crippen molar-refractivity contribution in [1.29, 1.82) is 0 Å². The molecule has 1 aromatic heterocycles. The summed E-state index contributed by atoms with van der Waals surface area (Å²) < 4.78 is 5.86. The molecule has 3 N–H and O–H groups in total. The first kappa shape index (κ1) is 14.6. The molecule has 20 heavy (non-hydrogen) atoms. The number of benzene rings is 1. The molecule has 0 saturated carbocycles. The van der Waals surface area contributed by atoms with Crippen molar-refractivity contribution < 1.29 is 9.53 Å². The molecule has 0 atom stereocenters. The van der Waals surface area contributed by atoms with E-state index < -0.39 is 0 Å². The van der Waals surface area contributed by atoms with Crippen LogP contribution in [0.2, 0.25) is 0 Å². The number of carbonyl (C=O) groups is 1. The molecule has 0 spiro atoms. The van der Waals surface area contributed by atoms with Gasteiger partial charge in [0.2, 0.25) is 0 Å². The molecule has 1 aromatic carbocycles. The molecule has 2 rings (SSSR count). The van der Waals surface area contributed by atoms with Crippen LogP contribution in [0.1, 0.15) is 31.2 Å². The number of aryl methyl sites for hydroxylation is 2. The summed E-state index contributed by atoms with van der Waals surface area (Å²) in [6, 6.07) is 7.80. The molecule has 1 amide bonds. The summed E-state index contributed by atoms with van der Waals surface area (Å²) >= 11 is 1.38. The molecule has 0 radical (unpaired) electrons. The summed E-state index contributed by atoms with van der Waals surface area (Å²) in [6.45, 7) is 6.62. The van der Waals surface area contributed by atoms with Gasteiger partial charge in [-0.25, -0.2) is 5.84 Å². The van der Waals surface area contributed by atoms with Crippen LogP contribution in [0, 0.1) is 20.8 Å². The summed E-state index contributed by atoms with van der Waals surface area (Å²) in [7, 11) is 0. The van der Waals surface area contributed by atoms with E-state index >= 15 is 0 Å². The van der Waals surface area contributed by atoms with Gasteiger partial charge in [0.05, 0.1) is 4.88 Å². The molecule has 2 aromatic rings. The normalized spacial score (nSPS) is 10.4. The molecule has 0 aliphatic carbocycles. The Balaban J connectivity index is 2.09. The summed E-state index contributed by atoms with van der Waals surface area (Å²) in [6.07, 6.45) is 0. The van der Waals surface area contributed by atoms with Gasteiger partial charge in [-0.05, 0) is 55.7 Å². The number of hydrazine groups is 1. The Labute approximate surface area is 122 Å². The summed E-state index contributed by atoms with van der Waals surface area (Å²) in [5.74, 6) is 5.72. The Hall–Kier alpha value is -1.85. The van der Waals surface area contributed by atoms with Crippen LogP contribution in [0.15, 0.2) is 24.3 Å². The van der Waals surface area contributed by atoms with Gasteiger partial charge in [-0.1, -0.05) is 6.07 Å². The highest BCUT2D eigenvalue weighted by atomic mass is 32.1. The highest BCUT2D eigenvalue weighted by Gasteiger charge is 2.09. The molecular weight excluding hydrogens is 272 g/mol. The summed E-state index contributed by atoms with van der Waals surface area (Å²) in [5.41, 5.74) is 5.66. The van der Waals surface area contributed by atoms with E-state index in [1.54, 1.807) is 6.07 Å². The van der Waals surface area contributed by atoms with E-state index in [9.17, 15) is 4.79 Å². The fourth-order valence-electron chi connectivity index (χ4n) is 1.95. The summed E-state index contributed by atoms with van der Waals surface area (Å²) in [5, 5.41) is 0. The number of nitrogens with two attached hydrogens (primary N) is 1. The first-order chi connectivity index (χ1) is 9.51. The molecule has 0 unspecified atom stereocenters. The minimum atomic E-state index is -0.274. The second-order valence-electron chi connectivity index (χ2n) is 4.73. The molecule has 0 saturated heterocycles. The number of hydrogen-bond donors (Lipinski definition) is 2. The van der Waals surface area contributed by atoms with Crippen molar-refractivity contribution in [2.75, 3.05) is 0 Å². The van der Waals surface area contributed by atoms with E-state index in [0.717, 1.165) is 16.2 Å². The molecule has 106 valence electrons. The first-order valence-electron chi connectivity index (χ1n) is 6.31. The zero-order valence-corrected chi connectivity index (χ0v) is 12.6. The number of nitrogen functional groups attached to an aromatic ring is 1. The lowest BCUT2D eigenvalue weighted by Crippen LogP contribution is -2.29. The maximum Gasteiger partial charge on any atom is 0.275 e. The van der Waals surface area contributed by atoms with Gasteiger partial charge < -0.3 is 4.74 Å². The largest absolute Gasteiger partial charge is 0.488 e. The number of rotatable bonds is 4. The first-order valence-corrected chi connectivity index (χ1v) is 7.13. The SMILES string of the molecule is Cc1cc(C)c(C)c(OCc2ccc(C(=O)NN)s2)c1. The lowest BCUT2D eigenvalue weighted by molar-refractivity contribution is 0.0957. The van der Waals surface area contributed by atoms with Crippen LogP contribution in [0.3, 0.4) is 0 Å². The zero-order valence-electron chi connectivity index (χ0n) is 11.8. The molecule has 1 heterocycles. The fourth-order valence-corrected chi connectivity index (χ4v) is 2.77. The van der Waals surface area contributed by atoms with E-state index in [0.29, 0.717) is 11.5 Å². The summed E-state index contributed by atoms with van der Waals surface area (Å²) in [4.78, 5) is 13.0. The average molecular weight is 290 g/mol. The van der Waals surface area contributed by atoms with Gasteiger partial charge in [-0.2, -0.15) is 0 Å². The lowest BCUT2D eigenvalue weighted by Gasteiger charge is -2.11. The maximum absolute atomic E-state index is 11.4. The van der Waals surface area contributed by atoms with E-state index in [4.69, 9.17) is 10.6 Å². The number of ether oxygens (including phenoxy) is 1.